The zero-order valence-corrected chi connectivity index (χ0v) is 23.5. The first kappa shape index (κ1) is 25.2. The van der Waals surface area contributed by atoms with Gasteiger partial charge in [-0.3, -0.25) is 4.98 Å². The monoisotopic (exact) mass is 521 g/mol. The average molecular weight is 522 g/mol. The van der Waals surface area contributed by atoms with Gasteiger partial charge in [-0.05, 0) is 91.8 Å². The molecule has 0 amide bonds. The molecule has 0 N–H and O–H groups in total. The molecule has 0 spiro atoms. The van der Waals surface area contributed by atoms with Crippen molar-refractivity contribution >= 4 is 55.8 Å². The van der Waals surface area contributed by atoms with Crippen molar-refractivity contribution in [2.45, 2.75) is 32.1 Å². The Bertz CT molecular complexity index is 1990. The lowest BCUT2D eigenvalue weighted by Crippen LogP contribution is -1.90. The molecule has 0 atom stereocenters. The van der Waals surface area contributed by atoms with Crippen LogP contribution in [0.4, 0.5) is 0 Å². The number of aromatic nitrogens is 1. The van der Waals surface area contributed by atoms with Gasteiger partial charge in [-0.2, -0.15) is 0 Å². The van der Waals surface area contributed by atoms with Crippen LogP contribution in [0.3, 0.4) is 0 Å². The fourth-order valence-electron chi connectivity index (χ4n) is 5.51. The lowest BCUT2D eigenvalue weighted by atomic mass is 9.88. The normalized spacial score (nSPS) is 11.2. The SMILES string of the molecule is CCC.Cc1cc2c3ccc(-c4cnc5ccccc5c4)cc3c3ccccc3c2cc1-c1ccccc1S. The molecule has 0 aliphatic carbocycles. The Balaban J connectivity index is 0.000000883. The Kier molecular flexibility index (Phi) is 6.81. The van der Waals surface area contributed by atoms with Gasteiger partial charge in [-0.1, -0.05) is 99.1 Å². The molecule has 0 aliphatic rings. The molecule has 6 aromatic carbocycles. The van der Waals surface area contributed by atoms with E-state index < -0.39 is 0 Å². The second kappa shape index (κ2) is 10.6. The molecule has 1 heterocycles. The lowest BCUT2D eigenvalue weighted by Gasteiger charge is -2.16. The first-order chi connectivity index (χ1) is 19.1. The molecule has 0 radical (unpaired) electrons. The third kappa shape index (κ3) is 4.56. The predicted molar refractivity (Wildman–Crippen MR) is 173 cm³/mol. The molecule has 39 heavy (non-hydrogen) atoms. The zero-order chi connectivity index (χ0) is 26.9. The van der Waals surface area contributed by atoms with E-state index in [2.05, 4.69) is 118 Å². The Morgan fingerprint density at radius 1 is 0.564 bits per heavy atom. The van der Waals surface area contributed by atoms with Crippen molar-refractivity contribution in [1.82, 2.24) is 4.98 Å². The molecule has 0 saturated heterocycles. The second-order valence-electron chi connectivity index (χ2n) is 10.2. The molecule has 0 saturated carbocycles. The first-order valence-electron chi connectivity index (χ1n) is 13.6. The van der Waals surface area contributed by atoms with Crippen LogP contribution in [-0.4, -0.2) is 4.98 Å². The van der Waals surface area contributed by atoms with Gasteiger partial charge in [0.1, 0.15) is 0 Å². The Labute approximate surface area is 235 Å². The molecule has 0 bridgehead atoms. The molecule has 0 unspecified atom stereocenters. The van der Waals surface area contributed by atoms with Crippen LogP contribution in [-0.2, 0) is 0 Å². The fourth-order valence-corrected chi connectivity index (χ4v) is 5.79. The van der Waals surface area contributed by atoms with Gasteiger partial charge < -0.3 is 0 Å². The van der Waals surface area contributed by atoms with Crippen LogP contribution in [0.5, 0.6) is 0 Å². The maximum Gasteiger partial charge on any atom is 0.0702 e. The van der Waals surface area contributed by atoms with E-state index in [-0.39, 0.29) is 0 Å². The third-order valence-electron chi connectivity index (χ3n) is 7.30. The van der Waals surface area contributed by atoms with Crippen molar-refractivity contribution < 1.29 is 0 Å². The standard InChI is InChI=1S/C34H23NS.C3H8/c1-21-16-30-27-15-14-22(24-17-23-8-2-6-12-33(23)35-20-24)18-31(27)25-9-3-4-10-26(25)32(30)19-29(21)28-11-5-7-13-34(28)36;1-3-2/h2-20,36H,1H3;3H2,1-2H3. The van der Waals surface area contributed by atoms with Crippen molar-refractivity contribution in [3.63, 3.8) is 0 Å². The minimum Gasteiger partial charge on any atom is -0.256 e. The smallest absolute Gasteiger partial charge is 0.0702 e. The van der Waals surface area contributed by atoms with Crippen molar-refractivity contribution in [3.05, 3.63) is 121 Å². The molecule has 7 aromatic rings. The molecule has 0 fully saturated rings. The van der Waals surface area contributed by atoms with Crippen molar-refractivity contribution in [1.29, 1.82) is 0 Å². The van der Waals surface area contributed by atoms with E-state index in [4.69, 9.17) is 17.6 Å². The summed E-state index contributed by atoms with van der Waals surface area (Å²) in [6.45, 7) is 6.45. The van der Waals surface area contributed by atoms with Gasteiger partial charge in [0, 0.05) is 22.0 Å². The predicted octanol–water partition coefficient (Wildman–Crippen LogP) is 11.0. The summed E-state index contributed by atoms with van der Waals surface area (Å²) in [6, 6.07) is 39.1. The number of benzene rings is 6. The maximum absolute atomic E-state index is 4.75. The lowest BCUT2D eigenvalue weighted by molar-refractivity contribution is 1.09. The highest BCUT2D eigenvalue weighted by molar-refractivity contribution is 7.80. The summed E-state index contributed by atoms with van der Waals surface area (Å²) in [5.74, 6) is 0. The number of hydrogen-bond donors (Lipinski definition) is 1. The van der Waals surface area contributed by atoms with E-state index >= 15 is 0 Å². The number of para-hydroxylation sites is 1. The summed E-state index contributed by atoms with van der Waals surface area (Å²) >= 11 is 4.75. The highest BCUT2D eigenvalue weighted by Crippen LogP contribution is 2.41. The number of nitrogens with zero attached hydrogens (tertiary/aromatic N) is 1. The van der Waals surface area contributed by atoms with E-state index in [0.29, 0.717) is 0 Å². The summed E-state index contributed by atoms with van der Waals surface area (Å²) in [5.41, 5.74) is 7.00. The van der Waals surface area contributed by atoms with E-state index in [9.17, 15) is 0 Å². The van der Waals surface area contributed by atoms with Gasteiger partial charge in [0.15, 0.2) is 0 Å². The van der Waals surface area contributed by atoms with Crippen LogP contribution in [0.15, 0.2) is 120 Å². The molecule has 1 aromatic heterocycles. The number of pyridine rings is 1. The number of aryl methyl sites for hydroxylation is 1. The van der Waals surface area contributed by atoms with Crippen LogP contribution >= 0.6 is 12.6 Å². The van der Waals surface area contributed by atoms with Gasteiger partial charge in [-0.15, -0.1) is 12.6 Å². The van der Waals surface area contributed by atoms with Crippen LogP contribution in [0.25, 0.3) is 65.5 Å². The molecular weight excluding hydrogens is 490 g/mol. The molecule has 190 valence electrons. The first-order valence-corrected chi connectivity index (χ1v) is 14.1. The fraction of sp³-hybridized carbons (Fsp3) is 0.108. The van der Waals surface area contributed by atoms with Crippen LogP contribution in [0.2, 0.25) is 0 Å². The number of fused-ring (bicyclic) bond motifs is 7. The zero-order valence-electron chi connectivity index (χ0n) is 22.6. The summed E-state index contributed by atoms with van der Waals surface area (Å²) < 4.78 is 0. The third-order valence-corrected chi connectivity index (χ3v) is 7.69. The Morgan fingerprint density at radius 3 is 1.95 bits per heavy atom. The topological polar surface area (TPSA) is 12.9 Å². The highest BCUT2D eigenvalue weighted by atomic mass is 32.1. The number of hydrogen-bond acceptors (Lipinski definition) is 2. The minimum atomic E-state index is 0.999. The van der Waals surface area contributed by atoms with Gasteiger partial charge in [-0.25, -0.2) is 0 Å². The molecule has 1 nitrogen and oxygen atoms in total. The molecule has 7 rings (SSSR count). The molecule has 0 aliphatic heterocycles. The second-order valence-corrected chi connectivity index (χ2v) is 10.6. The van der Waals surface area contributed by atoms with E-state index in [1.807, 2.05) is 18.3 Å². The van der Waals surface area contributed by atoms with E-state index in [1.165, 1.54) is 61.0 Å². The van der Waals surface area contributed by atoms with E-state index in [1.54, 1.807) is 0 Å². The van der Waals surface area contributed by atoms with Crippen molar-refractivity contribution in [2.24, 2.45) is 0 Å². The maximum atomic E-state index is 4.75. The average Bonchev–Trinajstić information content (AvgIpc) is 2.97. The summed E-state index contributed by atoms with van der Waals surface area (Å²) in [6.07, 6.45) is 3.23. The Hall–Kier alpha value is -4.14. The van der Waals surface area contributed by atoms with Crippen LogP contribution in [0, 0.1) is 6.92 Å². The van der Waals surface area contributed by atoms with Crippen molar-refractivity contribution in [3.8, 4) is 22.3 Å². The summed E-state index contributed by atoms with van der Waals surface area (Å²) in [4.78, 5) is 5.70. The quantitative estimate of drug-likeness (QED) is 0.176. The van der Waals surface area contributed by atoms with Gasteiger partial charge in [0.2, 0.25) is 0 Å². The van der Waals surface area contributed by atoms with Crippen LogP contribution in [0.1, 0.15) is 25.8 Å². The van der Waals surface area contributed by atoms with E-state index in [0.717, 1.165) is 21.4 Å². The van der Waals surface area contributed by atoms with Gasteiger partial charge >= 0.3 is 0 Å². The summed E-state index contributed by atoms with van der Waals surface area (Å²) in [5, 5.41) is 8.79. The van der Waals surface area contributed by atoms with Crippen molar-refractivity contribution in [2.75, 3.05) is 0 Å². The highest BCUT2D eigenvalue weighted by Gasteiger charge is 2.14. The molecular formula is C37H31NS. The van der Waals surface area contributed by atoms with Gasteiger partial charge in [0.25, 0.3) is 0 Å². The number of thiol groups is 1. The Morgan fingerprint density at radius 2 is 1.18 bits per heavy atom. The van der Waals surface area contributed by atoms with Crippen LogP contribution < -0.4 is 0 Å². The molecule has 2 heteroatoms. The summed E-state index contributed by atoms with van der Waals surface area (Å²) in [7, 11) is 0. The van der Waals surface area contributed by atoms with Gasteiger partial charge in [0.05, 0.1) is 5.52 Å². The minimum absolute atomic E-state index is 0.999. The number of rotatable bonds is 2. The largest absolute Gasteiger partial charge is 0.256 e.